The molecule has 0 unspecified atom stereocenters. The number of ether oxygens (including phenoxy) is 1. The van der Waals surface area contributed by atoms with Crippen LogP contribution in [0.25, 0.3) is 0 Å². The van der Waals surface area contributed by atoms with Crippen LogP contribution in [0.3, 0.4) is 0 Å². The van der Waals surface area contributed by atoms with Crippen LogP contribution in [-0.2, 0) is 16.0 Å². The number of carbonyl (C=O) groups excluding carboxylic acids is 1. The molecule has 1 heterocycles. The van der Waals surface area contributed by atoms with E-state index in [0.717, 1.165) is 5.69 Å². The lowest BCUT2D eigenvalue weighted by molar-refractivity contribution is -0.142. The Labute approximate surface area is 120 Å². The summed E-state index contributed by atoms with van der Waals surface area (Å²) in [7, 11) is 0. The van der Waals surface area contributed by atoms with Crippen LogP contribution in [0.4, 0.5) is 10.8 Å². The van der Waals surface area contributed by atoms with E-state index < -0.39 is 0 Å². The van der Waals surface area contributed by atoms with E-state index in [1.807, 2.05) is 23.6 Å². The summed E-state index contributed by atoms with van der Waals surface area (Å²) in [5.41, 5.74) is 1.49. The third kappa shape index (κ3) is 3.94. The van der Waals surface area contributed by atoms with Gasteiger partial charge < -0.3 is 10.1 Å². The van der Waals surface area contributed by atoms with Gasteiger partial charge in [0.05, 0.1) is 29.4 Å². The van der Waals surface area contributed by atoms with Crippen molar-refractivity contribution in [2.45, 2.75) is 13.3 Å². The highest BCUT2D eigenvalue weighted by Gasteiger charge is 2.09. The number of hydrogen-bond donors (Lipinski definition) is 1. The van der Waals surface area contributed by atoms with Crippen LogP contribution in [0.2, 0.25) is 5.02 Å². The van der Waals surface area contributed by atoms with E-state index in [0.29, 0.717) is 22.5 Å². The molecule has 19 heavy (non-hydrogen) atoms. The summed E-state index contributed by atoms with van der Waals surface area (Å²) in [6, 6.07) is 7.43. The first kappa shape index (κ1) is 13.8. The van der Waals surface area contributed by atoms with Crippen molar-refractivity contribution in [2.24, 2.45) is 0 Å². The average Bonchev–Trinajstić information content (AvgIpc) is 2.80. The minimum absolute atomic E-state index is 0.189. The fourth-order valence-corrected chi connectivity index (χ4v) is 2.39. The summed E-state index contributed by atoms with van der Waals surface area (Å²) >= 11 is 7.47. The van der Waals surface area contributed by atoms with E-state index in [2.05, 4.69) is 10.3 Å². The van der Waals surface area contributed by atoms with Crippen molar-refractivity contribution in [1.82, 2.24) is 4.98 Å². The number of rotatable bonds is 5. The number of thiazole rings is 1. The number of carbonyl (C=O) groups is 1. The fraction of sp³-hybridized carbons (Fsp3) is 0.231. The smallest absolute Gasteiger partial charge is 0.311 e. The zero-order valence-corrected chi connectivity index (χ0v) is 11.9. The molecular formula is C13H13ClN2O2S. The van der Waals surface area contributed by atoms with Crippen molar-refractivity contribution in [3.63, 3.8) is 0 Å². The Morgan fingerprint density at radius 2 is 2.26 bits per heavy atom. The molecule has 0 aliphatic rings. The third-order valence-electron chi connectivity index (χ3n) is 2.30. The molecule has 0 saturated carbocycles. The number of halogens is 1. The number of nitrogens with zero attached hydrogens (tertiary/aromatic N) is 1. The number of esters is 1. The second-order valence-electron chi connectivity index (χ2n) is 3.73. The van der Waals surface area contributed by atoms with Crippen molar-refractivity contribution in [1.29, 1.82) is 0 Å². The van der Waals surface area contributed by atoms with Crippen LogP contribution in [-0.4, -0.2) is 17.6 Å². The minimum atomic E-state index is -0.267. The highest BCUT2D eigenvalue weighted by atomic mass is 35.5. The van der Waals surface area contributed by atoms with Crippen molar-refractivity contribution in [3.05, 3.63) is 40.4 Å². The maximum absolute atomic E-state index is 11.3. The van der Waals surface area contributed by atoms with Gasteiger partial charge in [0, 0.05) is 5.38 Å². The van der Waals surface area contributed by atoms with Gasteiger partial charge in [0.15, 0.2) is 5.13 Å². The van der Waals surface area contributed by atoms with Gasteiger partial charge in [-0.15, -0.1) is 11.3 Å². The van der Waals surface area contributed by atoms with Gasteiger partial charge in [0.1, 0.15) is 0 Å². The van der Waals surface area contributed by atoms with Gasteiger partial charge in [-0.2, -0.15) is 0 Å². The Morgan fingerprint density at radius 3 is 3.00 bits per heavy atom. The average molecular weight is 297 g/mol. The number of nitrogens with one attached hydrogen (secondary N) is 1. The molecule has 0 radical (unpaired) electrons. The molecule has 0 amide bonds. The Bertz CT molecular complexity index is 571. The van der Waals surface area contributed by atoms with Gasteiger partial charge in [-0.25, -0.2) is 4.98 Å². The summed E-state index contributed by atoms with van der Waals surface area (Å²) < 4.78 is 4.88. The normalized spacial score (nSPS) is 10.2. The minimum Gasteiger partial charge on any atom is -0.466 e. The quantitative estimate of drug-likeness (QED) is 0.856. The Hall–Kier alpha value is -1.59. The van der Waals surface area contributed by atoms with Crippen LogP contribution in [0, 0.1) is 0 Å². The van der Waals surface area contributed by atoms with Crippen LogP contribution in [0.15, 0.2) is 29.6 Å². The van der Waals surface area contributed by atoms with E-state index in [9.17, 15) is 4.79 Å². The first-order valence-electron chi connectivity index (χ1n) is 5.80. The maximum Gasteiger partial charge on any atom is 0.311 e. The molecule has 100 valence electrons. The lowest BCUT2D eigenvalue weighted by atomic mass is 10.3. The summed E-state index contributed by atoms with van der Waals surface area (Å²) in [6.45, 7) is 2.16. The van der Waals surface area contributed by atoms with Crippen LogP contribution in [0.5, 0.6) is 0 Å². The molecule has 0 spiro atoms. The summed E-state index contributed by atoms with van der Waals surface area (Å²) in [6.07, 6.45) is 0.189. The number of aromatic nitrogens is 1. The molecule has 1 aromatic heterocycles. The van der Waals surface area contributed by atoms with Gasteiger partial charge in [-0.3, -0.25) is 4.79 Å². The summed E-state index contributed by atoms with van der Waals surface area (Å²) in [4.78, 5) is 15.7. The van der Waals surface area contributed by atoms with Gasteiger partial charge in [0.25, 0.3) is 0 Å². The van der Waals surface area contributed by atoms with Crippen LogP contribution < -0.4 is 5.32 Å². The highest BCUT2D eigenvalue weighted by molar-refractivity contribution is 7.13. The summed E-state index contributed by atoms with van der Waals surface area (Å²) in [5.74, 6) is -0.267. The first-order valence-corrected chi connectivity index (χ1v) is 7.06. The lowest BCUT2D eigenvalue weighted by Crippen LogP contribution is -2.07. The number of para-hydroxylation sites is 1. The van der Waals surface area contributed by atoms with E-state index in [1.54, 1.807) is 13.0 Å². The fourth-order valence-electron chi connectivity index (χ4n) is 1.48. The molecule has 0 atom stereocenters. The van der Waals surface area contributed by atoms with E-state index in [4.69, 9.17) is 16.3 Å². The number of hydrogen-bond acceptors (Lipinski definition) is 5. The van der Waals surface area contributed by atoms with Crippen LogP contribution >= 0.6 is 22.9 Å². The standard InChI is InChI=1S/C13H13ClN2O2S/c1-2-18-12(17)7-9-8-19-13(15-9)16-11-6-4-3-5-10(11)14/h3-6,8H,2,7H2,1H3,(H,15,16). The molecule has 1 N–H and O–H groups in total. The monoisotopic (exact) mass is 296 g/mol. The molecule has 2 rings (SSSR count). The topological polar surface area (TPSA) is 51.2 Å². The van der Waals surface area contributed by atoms with E-state index in [1.165, 1.54) is 11.3 Å². The first-order chi connectivity index (χ1) is 9.19. The molecule has 0 saturated heterocycles. The predicted octanol–water partition coefficient (Wildman–Crippen LogP) is 3.65. The second-order valence-corrected chi connectivity index (χ2v) is 5.00. The molecule has 0 aliphatic heterocycles. The van der Waals surface area contributed by atoms with Crippen molar-refractivity contribution in [2.75, 3.05) is 11.9 Å². The van der Waals surface area contributed by atoms with Crippen molar-refractivity contribution >= 4 is 39.7 Å². The Kier molecular flexibility index (Phi) is 4.76. The molecule has 4 nitrogen and oxygen atoms in total. The van der Waals surface area contributed by atoms with E-state index >= 15 is 0 Å². The lowest BCUT2D eigenvalue weighted by Gasteiger charge is -2.03. The van der Waals surface area contributed by atoms with Gasteiger partial charge in [-0.1, -0.05) is 23.7 Å². The summed E-state index contributed by atoms with van der Waals surface area (Å²) in [5, 5.41) is 6.28. The van der Waals surface area contributed by atoms with Crippen molar-refractivity contribution < 1.29 is 9.53 Å². The Morgan fingerprint density at radius 1 is 1.47 bits per heavy atom. The van der Waals surface area contributed by atoms with Gasteiger partial charge >= 0.3 is 5.97 Å². The number of benzene rings is 1. The third-order valence-corrected chi connectivity index (χ3v) is 3.43. The molecular weight excluding hydrogens is 284 g/mol. The zero-order chi connectivity index (χ0) is 13.7. The number of anilines is 2. The molecule has 1 aromatic carbocycles. The van der Waals surface area contributed by atoms with Crippen LogP contribution in [0.1, 0.15) is 12.6 Å². The largest absolute Gasteiger partial charge is 0.466 e. The SMILES string of the molecule is CCOC(=O)Cc1csc(Nc2ccccc2Cl)n1. The Balaban J connectivity index is 2.02. The maximum atomic E-state index is 11.3. The molecule has 2 aromatic rings. The van der Waals surface area contributed by atoms with Gasteiger partial charge in [-0.05, 0) is 19.1 Å². The molecule has 0 fully saturated rings. The predicted molar refractivity (Wildman–Crippen MR) is 77.2 cm³/mol. The van der Waals surface area contributed by atoms with Gasteiger partial charge in [0.2, 0.25) is 0 Å². The van der Waals surface area contributed by atoms with Crippen molar-refractivity contribution in [3.8, 4) is 0 Å². The zero-order valence-electron chi connectivity index (χ0n) is 10.4. The molecule has 0 aliphatic carbocycles. The highest BCUT2D eigenvalue weighted by Crippen LogP contribution is 2.26. The molecule has 6 heteroatoms. The van der Waals surface area contributed by atoms with E-state index in [-0.39, 0.29) is 12.4 Å². The second kappa shape index (κ2) is 6.54. The molecule has 0 bridgehead atoms.